The molecule has 0 unspecified atom stereocenters. The second-order valence-electron chi connectivity index (χ2n) is 13.0. The number of aliphatic hydroxyl groups is 1. The minimum absolute atomic E-state index is 0.0836. The average Bonchev–Trinajstić information content (AvgIpc) is 3.33. The summed E-state index contributed by atoms with van der Waals surface area (Å²) in [7, 11) is 0. The Morgan fingerprint density at radius 3 is 2.68 bits per heavy atom. The molecule has 4 fully saturated rings. The fourth-order valence-corrected chi connectivity index (χ4v) is 9.36. The number of benzene rings is 1. The van der Waals surface area contributed by atoms with Crippen LogP contribution in [0.15, 0.2) is 24.4 Å². The molecule has 5 heteroatoms. The molecule has 0 spiro atoms. The van der Waals surface area contributed by atoms with Gasteiger partial charge in [0.25, 0.3) is 0 Å². The first-order valence-electron chi connectivity index (χ1n) is 13.5. The van der Waals surface area contributed by atoms with Crippen molar-refractivity contribution in [2.75, 3.05) is 0 Å². The highest BCUT2D eigenvalue weighted by Crippen LogP contribution is 2.68. The third-order valence-electron chi connectivity index (χ3n) is 11.2. The molecular weight excluding hydrogens is 427 g/mol. The van der Waals surface area contributed by atoms with Crippen LogP contribution < -0.4 is 0 Å². The van der Waals surface area contributed by atoms with E-state index in [1.54, 1.807) is 10.7 Å². The van der Waals surface area contributed by atoms with Gasteiger partial charge in [0.15, 0.2) is 5.78 Å². The molecule has 4 saturated carbocycles. The van der Waals surface area contributed by atoms with Crippen LogP contribution in [0.4, 0.5) is 4.39 Å². The van der Waals surface area contributed by atoms with Gasteiger partial charge in [0.05, 0.1) is 17.7 Å². The van der Waals surface area contributed by atoms with Gasteiger partial charge in [-0.2, -0.15) is 5.10 Å². The van der Waals surface area contributed by atoms with Crippen LogP contribution in [-0.2, 0) is 11.3 Å². The molecule has 1 aromatic carbocycles. The number of nitrogens with zero attached hydrogens (tertiary/aromatic N) is 2. The summed E-state index contributed by atoms with van der Waals surface area (Å²) in [4.78, 5) is 13.6. The van der Waals surface area contributed by atoms with Crippen molar-refractivity contribution in [1.29, 1.82) is 0 Å². The number of carbonyl (C=O) groups is 1. The number of halogens is 1. The van der Waals surface area contributed by atoms with Crippen molar-refractivity contribution in [1.82, 2.24) is 9.78 Å². The van der Waals surface area contributed by atoms with E-state index in [2.05, 4.69) is 18.9 Å². The Bertz CT molecular complexity index is 1120. The van der Waals surface area contributed by atoms with Crippen molar-refractivity contribution in [2.24, 2.45) is 40.4 Å². The van der Waals surface area contributed by atoms with Gasteiger partial charge in [-0.3, -0.25) is 9.48 Å². The number of hydrogen-bond donors (Lipinski definition) is 1. The average molecular weight is 467 g/mol. The van der Waals surface area contributed by atoms with Crippen LogP contribution in [-0.4, -0.2) is 26.3 Å². The van der Waals surface area contributed by atoms with E-state index in [4.69, 9.17) is 0 Å². The highest BCUT2D eigenvalue weighted by molar-refractivity contribution is 5.83. The zero-order valence-corrected chi connectivity index (χ0v) is 20.9. The molecule has 4 aliphatic carbocycles. The van der Waals surface area contributed by atoms with Crippen LogP contribution in [0.3, 0.4) is 0 Å². The molecule has 0 radical (unpaired) electrons. The maximum atomic E-state index is 13.6. The van der Waals surface area contributed by atoms with E-state index in [9.17, 15) is 14.3 Å². The molecule has 0 bridgehead atoms. The van der Waals surface area contributed by atoms with Crippen molar-refractivity contribution < 1.29 is 14.3 Å². The van der Waals surface area contributed by atoms with E-state index in [0.29, 0.717) is 23.0 Å². The molecule has 0 aliphatic heterocycles. The van der Waals surface area contributed by atoms with E-state index < -0.39 is 5.60 Å². The van der Waals surface area contributed by atoms with Gasteiger partial charge in [-0.15, -0.1) is 0 Å². The molecule has 34 heavy (non-hydrogen) atoms. The lowest BCUT2D eigenvalue weighted by molar-refractivity contribution is -0.151. The zero-order valence-electron chi connectivity index (χ0n) is 20.9. The Balaban J connectivity index is 1.20. The first kappa shape index (κ1) is 22.7. The lowest BCUT2D eigenvalue weighted by atomic mass is 9.44. The molecule has 184 valence electrons. The van der Waals surface area contributed by atoms with Gasteiger partial charge < -0.3 is 5.11 Å². The lowest BCUT2D eigenvalue weighted by Crippen LogP contribution is -2.55. The summed E-state index contributed by atoms with van der Waals surface area (Å²) in [6.07, 6.45) is 11.8. The van der Waals surface area contributed by atoms with Gasteiger partial charge in [0.1, 0.15) is 5.82 Å². The number of rotatable bonds is 3. The maximum Gasteiger partial charge on any atom is 0.157 e. The fourth-order valence-electron chi connectivity index (χ4n) is 9.36. The molecule has 1 aromatic heterocycles. The Morgan fingerprint density at radius 1 is 1.06 bits per heavy atom. The summed E-state index contributed by atoms with van der Waals surface area (Å²) in [5.74, 6) is 2.85. The molecule has 2 aromatic rings. The lowest BCUT2D eigenvalue weighted by Gasteiger charge is -2.61. The molecule has 0 saturated heterocycles. The van der Waals surface area contributed by atoms with Gasteiger partial charge in [-0.25, -0.2) is 4.39 Å². The van der Waals surface area contributed by atoms with Crippen LogP contribution in [0.25, 0.3) is 10.9 Å². The fraction of sp³-hybridized carbons (Fsp3) is 0.724. The Hall–Kier alpha value is -1.75. The normalized spacial score (nSPS) is 43.9. The van der Waals surface area contributed by atoms with E-state index in [1.165, 1.54) is 37.8 Å². The predicted molar refractivity (Wildman–Crippen MR) is 131 cm³/mol. The second-order valence-corrected chi connectivity index (χ2v) is 13.0. The Kier molecular flexibility index (Phi) is 5.09. The Labute approximate surface area is 202 Å². The largest absolute Gasteiger partial charge is 0.390 e. The summed E-state index contributed by atoms with van der Waals surface area (Å²) in [6, 6.07) is 4.59. The minimum atomic E-state index is -0.492. The third-order valence-corrected chi connectivity index (χ3v) is 11.2. The summed E-state index contributed by atoms with van der Waals surface area (Å²) in [5, 5.41) is 16.0. The van der Waals surface area contributed by atoms with Gasteiger partial charge in [0.2, 0.25) is 0 Å². The van der Waals surface area contributed by atoms with Crippen LogP contribution in [0.2, 0.25) is 0 Å². The summed E-state index contributed by atoms with van der Waals surface area (Å²) < 4.78 is 15.3. The SMILES string of the molecule is C[C@@]1(O)CC[C@@]2(C)[C@@H](CC[C@@H]3[C@@H]2CC[C@]2(C)[C@@H](C(=O)Cn4cc5cc(F)ccc5n4)CC[C@@H]32)C1. The topological polar surface area (TPSA) is 55.1 Å². The molecule has 6 rings (SSSR count). The second kappa shape index (κ2) is 7.62. The highest BCUT2D eigenvalue weighted by Gasteiger charge is 2.61. The van der Waals surface area contributed by atoms with E-state index >= 15 is 0 Å². The van der Waals surface area contributed by atoms with Gasteiger partial charge in [-0.1, -0.05) is 13.8 Å². The standard InChI is InChI=1S/C29H39FN2O2/c1-27(34)12-13-28(2)19(15-27)4-6-21-22-7-8-24(29(22,3)11-10-23(21)28)26(33)17-32-16-18-14-20(30)5-9-25(18)31-32/h5,9,14,16,19,21-24,34H,4,6-8,10-13,15,17H2,1-3H3/t19-,21-,22-,23-,24+,27+,28-,29-/m0/s1. The van der Waals surface area contributed by atoms with Crippen molar-refractivity contribution in [2.45, 2.75) is 90.7 Å². The van der Waals surface area contributed by atoms with E-state index in [-0.39, 0.29) is 23.7 Å². The number of ketones is 1. The van der Waals surface area contributed by atoms with Crippen molar-refractivity contribution in [3.05, 3.63) is 30.2 Å². The van der Waals surface area contributed by atoms with Crippen LogP contribution in [0.5, 0.6) is 0 Å². The summed E-state index contributed by atoms with van der Waals surface area (Å²) in [5.41, 5.74) is 0.676. The monoisotopic (exact) mass is 466 g/mol. The number of aromatic nitrogens is 2. The first-order chi connectivity index (χ1) is 16.1. The van der Waals surface area contributed by atoms with Crippen LogP contribution in [0.1, 0.15) is 78.6 Å². The molecule has 0 amide bonds. The smallest absolute Gasteiger partial charge is 0.157 e. The maximum absolute atomic E-state index is 13.6. The zero-order chi connectivity index (χ0) is 23.9. The molecular formula is C29H39FN2O2. The molecule has 8 atom stereocenters. The van der Waals surface area contributed by atoms with E-state index in [1.807, 2.05) is 13.1 Å². The van der Waals surface area contributed by atoms with Crippen LogP contribution >= 0.6 is 0 Å². The first-order valence-corrected chi connectivity index (χ1v) is 13.5. The molecule has 1 N–H and O–H groups in total. The number of hydrogen-bond acceptors (Lipinski definition) is 3. The molecule has 4 nitrogen and oxygen atoms in total. The molecule has 4 aliphatic rings. The van der Waals surface area contributed by atoms with Crippen molar-refractivity contribution >= 4 is 16.7 Å². The number of fused-ring (bicyclic) bond motifs is 6. The third kappa shape index (κ3) is 3.40. The summed E-state index contributed by atoms with van der Waals surface area (Å²) >= 11 is 0. The van der Waals surface area contributed by atoms with Crippen molar-refractivity contribution in [3.8, 4) is 0 Å². The highest BCUT2D eigenvalue weighted by atomic mass is 19.1. The van der Waals surface area contributed by atoms with Gasteiger partial charge >= 0.3 is 0 Å². The van der Waals surface area contributed by atoms with Gasteiger partial charge in [0, 0.05) is 17.5 Å². The summed E-state index contributed by atoms with van der Waals surface area (Å²) in [6.45, 7) is 7.24. The Morgan fingerprint density at radius 2 is 1.85 bits per heavy atom. The minimum Gasteiger partial charge on any atom is -0.390 e. The van der Waals surface area contributed by atoms with E-state index in [0.717, 1.165) is 54.8 Å². The van der Waals surface area contributed by atoms with Crippen molar-refractivity contribution in [3.63, 3.8) is 0 Å². The van der Waals surface area contributed by atoms with Gasteiger partial charge in [-0.05, 0) is 117 Å². The number of Topliss-reactive ketones (excluding diaryl/α,β-unsaturated/α-hetero) is 1. The number of carbonyl (C=O) groups excluding carboxylic acids is 1. The molecule has 1 heterocycles. The van der Waals surface area contributed by atoms with Crippen LogP contribution in [0, 0.1) is 46.2 Å². The predicted octanol–water partition coefficient (Wildman–Crippen LogP) is 6.15. The quantitative estimate of drug-likeness (QED) is 0.590.